The molecule has 0 radical (unpaired) electrons. The van der Waals surface area contributed by atoms with E-state index < -0.39 is 0 Å². The summed E-state index contributed by atoms with van der Waals surface area (Å²) in [7, 11) is 0. The molecule has 5 aromatic rings. The van der Waals surface area contributed by atoms with Gasteiger partial charge in [0.2, 0.25) is 0 Å². The molecule has 168 valence electrons. The van der Waals surface area contributed by atoms with Gasteiger partial charge in [-0.2, -0.15) is 5.10 Å². The number of nitrogens with zero attached hydrogens (tertiary/aromatic N) is 2. The van der Waals surface area contributed by atoms with Crippen molar-refractivity contribution in [3.63, 3.8) is 0 Å². The second-order valence-electron chi connectivity index (χ2n) is 8.01. The van der Waals surface area contributed by atoms with E-state index in [-0.39, 0.29) is 12.5 Å². The molecule has 0 bridgehead atoms. The lowest BCUT2D eigenvalue weighted by atomic mass is 10.1. The van der Waals surface area contributed by atoms with E-state index in [0.717, 1.165) is 23.2 Å². The molecule has 1 heterocycles. The number of rotatable bonds is 7. The van der Waals surface area contributed by atoms with Crippen LogP contribution in [-0.4, -0.2) is 23.3 Å². The van der Waals surface area contributed by atoms with E-state index in [0.29, 0.717) is 5.75 Å². The number of benzene rings is 4. The van der Waals surface area contributed by atoms with Crippen LogP contribution in [0.4, 0.5) is 0 Å². The summed E-state index contributed by atoms with van der Waals surface area (Å²) in [6.45, 7) is 2.95. The van der Waals surface area contributed by atoms with Crippen LogP contribution in [-0.2, 0) is 11.3 Å². The van der Waals surface area contributed by atoms with Crippen molar-refractivity contribution in [1.82, 2.24) is 9.99 Å². The number of carbonyl (C=O) groups excluding carboxylic acids is 1. The molecule has 0 aliphatic rings. The Bertz CT molecular complexity index is 1470. The highest BCUT2D eigenvalue weighted by molar-refractivity contribution is 6.09. The van der Waals surface area contributed by atoms with Crippen LogP contribution < -0.4 is 10.2 Å². The van der Waals surface area contributed by atoms with E-state index in [1.54, 1.807) is 6.21 Å². The van der Waals surface area contributed by atoms with Gasteiger partial charge in [0.25, 0.3) is 5.91 Å². The number of carbonyl (C=O) groups is 1. The number of aryl methyl sites for hydroxylation is 1. The Balaban J connectivity index is 1.20. The second kappa shape index (κ2) is 9.63. The van der Waals surface area contributed by atoms with Crippen molar-refractivity contribution < 1.29 is 9.53 Å². The minimum absolute atomic E-state index is 0.106. The largest absolute Gasteiger partial charge is 0.484 e. The number of aromatic nitrogens is 1. The zero-order valence-electron chi connectivity index (χ0n) is 18.9. The van der Waals surface area contributed by atoms with E-state index in [2.05, 4.69) is 70.5 Å². The van der Waals surface area contributed by atoms with Gasteiger partial charge in [0.05, 0.1) is 6.21 Å². The maximum Gasteiger partial charge on any atom is 0.277 e. The van der Waals surface area contributed by atoms with E-state index in [1.165, 1.54) is 21.8 Å². The summed E-state index contributed by atoms with van der Waals surface area (Å²) in [5, 5.41) is 6.50. The fourth-order valence-electron chi connectivity index (χ4n) is 4.23. The smallest absolute Gasteiger partial charge is 0.277 e. The number of nitrogens with one attached hydrogen (secondary N) is 1. The Hall–Kier alpha value is -4.38. The Morgan fingerprint density at radius 2 is 1.56 bits per heavy atom. The fourth-order valence-corrected chi connectivity index (χ4v) is 4.23. The van der Waals surface area contributed by atoms with E-state index in [4.69, 9.17) is 4.74 Å². The van der Waals surface area contributed by atoms with Crippen LogP contribution in [0.25, 0.3) is 32.9 Å². The molecule has 34 heavy (non-hydrogen) atoms. The molecule has 0 saturated heterocycles. The number of para-hydroxylation sites is 1. The first-order valence-electron chi connectivity index (χ1n) is 11.3. The first kappa shape index (κ1) is 21.5. The molecule has 4 aromatic carbocycles. The molecule has 5 nitrogen and oxygen atoms in total. The summed E-state index contributed by atoms with van der Waals surface area (Å²) < 4.78 is 7.90. The highest BCUT2D eigenvalue weighted by Crippen LogP contribution is 2.29. The molecule has 0 fully saturated rings. The van der Waals surface area contributed by atoms with Gasteiger partial charge in [-0.15, -0.1) is 0 Å². The standard InChI is InChI=1S/C29H25N3O2/c1-2-32-27-11-7-6-10-25(27)26-18-21(12-17-28(26)32)19-30-31-29(33)20-34-24-15-13-23(14-16-24)22-8-4-3-5-9-22/h3-19H,2,20H2,1H3,(H,31,33). The molecule has 0 spiro atoms. The topological polar surface area (TPSA) is 55.6 Å². The molecule has 1 amide bonds. The van der Waals surface area contributed by atoms with Crippen molar-refractivity contribution in [1.29, 1.82) is 0 Å². The molecule has 5 heteroatoms. The third-order valence-corrected chi connectivity index (χ3v) is 5.85. The molecule has 1 aromatic heterocycles. The van der Waals surface area contributed by atoms with Crippen LogP contribution >= 0.6 is 0 Å². The number of amides is 1. The molecule has 5 rings (SSSR count). The monoisotopic (exact) mass is 447 g/mol. The summed E-state index contributed by atoms with van der Waals surface area (Å²) in [6.07, 6.45) is 1.66. The van der Waals surface area contributed by atoms with Crippen molar-refractivity contribution in [2.45, 2.75) is 13.5 Å². The van der Waals surface area contributed by atoms with E-state index in [9.17, 15) is 4.79 Å². The van der Waals surface area contributed by atoms with Crippen molar-refractivity contribution >= 4 is 33.9 Å². The molecule has 1 N–H and O–H groups in total. The van der Waals surface area contributed by atoms with Crippen molar-refractivity contribution in [2.75, 3.05) is 6.61 Å². The molecular formula is C29H25N3O2. The highest BCUT2D eigenvalue weighted by Gasteiger charge is 2.09. The zero-order valence-corrected chi connectivity index (χ0v) is 18.9. The van der Waals surface area contributed by atoms with Crippen LogP contribution in [0, 0.1) is 0 Å². The Kier molecular flexibility index (Phi) is 6.08. The summed E-state index contributed by atoms with van der Waals surface area (Å²) in [5.74, 6) is 0.323. The van der Waals surface area contributed by atoms with Gasteiger partial charge >= 0.3 is 0 Å². The number of ether oxygens (including phenoxy) is 1. The maximum absolute atomic E-state index is 12.2. The molecule has 0 aliphatic heterocycles. The average Bonchev–Trinajstić information content (AvgIpc) is 3.21. The number of hydrogen-bond acceptors (Lipinski definition) is 3. The van der Waals surface area contributed by atoms with Crippen molar-refractivity contribution in [3.05, 3.63) is 103 Å². The summed E-state index contributed by atoms with van der Waals surface area (Å²) in [4.78, 5) is 12.2. The second-order valence-corrected chi connectivity index (χ2v) is 8.01. The van der Waals surface area contributed by atoms with Gasteiger partial charge in [0.1, 0.15) is 5.75 Å². The summed E-state index contributed by atoms with van der Waals surface area (Å²) in [6, 6.07) is 32.4. The average molecular weight is 448 g/mol. The normalized spacial score (nSPS) is 11.3. The van der Waals surface area contributed by atoms with Crippen LogP contribution in [0.5, 0.6) is 5.75 Å². The third kappa shape index (κ3) is 4.41. The van der Waals surface area contributed by atoms with Gasteiger partial charge < -0.3 is 9.30 Å². The zero-order chi connectivity index (χ0) is 23.3. The number of hydrogen-bond donors (Lipinski definition) is 1. The minimum atomic E-state index is -0.313. The van der Waals surface area contributed by atoms with Gasteiger partial charge in [0, 0.05) is 28.4 Å². The SMILES string of the molecule is CCn1c2ccccc2c2cc(C=NNC(=O)COc3ccc(-c4ccccc4)cc3)ccc21. The predicted molar refractivity (Wildman–Crippen MR) is 138 cm³/mol. The van der Waals surface area contributed by atoms with Gasteiger partial charge in [0.15, 0.2) is 6.61 Å². The molecule has 0 unspecified atom stereocenters. The first-order chi connectivity index (χ1) is 16.7. The molecule has 0 aliphatic carbocycles. The van der Waals surface area contributed by atoms with Crippen molar-refractivity contribution in [2.24, 2.45) is 5.10 Å². The van der Waals surface area contributed by atoms with Crippen LogP contribution in [0.1, 0.15) is 12.5 Å². The van der Waals surface area contributed by atoms with Crippen LogP contribution in [0.2, 0.25) is 0 Å². The Labute approximate surface area is 198 Å². The summed E-state index contributed by atoms with van der Waals surface area (Å²) in [5.41, 5.74) is 8.11. The maximum atomic E-state index is 12.2. The lowest BCUT2D eigenvalue weighted by molar-refractivity contribution is -0.123. The van der Waals surface area contributed by atoms with Gasteiger partial charge in [-0.3, -0.25) is 4.79 Å². The predicted octanol–water partition coefficient (Wildman–Crippen LogP) is 6.01. The van der Waals surface area contributed by atoms with Gasteiger partial charge in [-0.1, -0.05) is 66.7 Å². The lowest BCUT2D eigenvalue weighted by Gasteiger charge is -2.06. The third-order valence-electron chi connectivity index (χ3n) is 5.85. The molecular weight excluding hydrogens is 422 g/mol. The quantitative estimate of drug-likeness (QED) is 0.245. The Morgan fingerprint density at radius 3 is 2.35 bits per heavy atom. The molecule has 0 atom stereocenters. The lowest BCUT2D eigenvalue weighted by Crippen LogP contribution is -2.24. The fraction of sp³-hybridized carbons (Fsp3) is 0.103. The van der Waals surface area contributed by atoms with Crippen LogP contribution in [0.3, 0.4) is 0 Å². The molecule has 0 saturated carbocycles. The minimum Gasteiger partial charge on any atom is -0.484 e. The highest BCUT2D eigenvalue weighted by atomic mass is 16.5. The van der Waals surface area contributed by atoms with E-state index >= 15 is 0 Å². The first-order valence-corrected chi connectivity index (χ1v) is 11.3. The van der Waals surface area contributed by atoms with Crippen molar-refractivity contribution in [3.8, 4) is 16.9 Å². The summed E-state index contributed by atoms with van der Waals surface area (Å²) >= 11 is 0. The Morgan fingerprint density at radius 1 is 0.853 bits per heavy atom. The van der Waals surface area contributed by atoms with Gasteiger partial charge in [-0.05, 0) is 53.9 Å². The number of fused-ring (bicyclic) bond motifs is 3. The van der Waals surface area contributed by atoms with Gasteiger partial charge in [-0.25, -0.2) is 5.43 Å². The number of hydrazone groups is 1. The van der Waals surface area contributed by atoms with E-state index in [1.807, 2.05) is 48.5 Å². The van der Waals surface area contributed by atoms with Crippen LogP contribution in [0.15, 0.2) is 102 Å².